The van der Waals surface area contributed by atoms with Gasteiger partial charge in [-0.25, -0.2) is 0 Å². The quantitative estimate of drug-likeness (QED) is 0.745. The van der Waals surface area contributed by atoms with E-state index in [0.29, 0.717) is 12.1 Å². The average Bonchev–Trinajstić information content (AvgIpc) is 2.28. The van der Waals surface area contributed by atoms with E-state index in [1.807, 2.05) is 13.0 Å². The first kappa shape index (κ1) is 13.6. The molecule has 1 rings (SSSR count). The molecule has 0 aliphatic heterocycles. The van der Waals surface area contributed by atoms with Crippen LogP contribution >= 0.6 is 0 Å². The molecule has 0 saturated heterocycles. The van der Waals surface area contributed by atoms with Gasteiger partial charge in [0.05, 0.1) is 5.56 Å². The largest absolute Gasteiger partial charge is 0.507 e. The van der Waals surface area contributed by atoms with Gasteiger partial charge in [0.15, 0.2) is 0 Å². The minimum atomic E-state index is -0.195. The van der Waals surface area contributed by atoms with Gasteiger partial charge in [-0.3, -0.25) is 4.79 Å². The van der Waals surface area contributed by atoms with E-state index in [1.165, 1.54) is 12.8 Å². The maximum atomic E-state index is 11.7. The third-order valence-electron chi connectivity index (χ3n) is 2.71. The van der Waals surface area contributed by atoms with Gasteiger partial charge in [-0.15, -0.1) is 0 Å². The summed E-state index contributed by atoms with van der Waals surface area (Å²) in [5.74, 6) is -0.143. The fourth-order valence-electron chi connectivity index (χ4n) is 1.68. The summed E-state index contributed by atoms with van der Waals surface area (Å²) in [7, 11) is 0. The summed E-state index contributed by atoms with van der Waals surface area (Å²) < 4.78 is 0. The molecule has 1 aromatic carbocycles. The molecule has 3 heteroatoms. The molecule has 0 spiro atoms. The van der Waals surface area contributed by atoms with E-state index >= 15 is 0 Å². The van der Waals surface area contributed by atoms with Crippen LogP contribution in [0.2, 0.25) is 0 Å². The van der Waals surface area contributed by atoms with Crippen LogP contribution in [-0.2, 0) is 0 Å². The Morgan fingerprint density at radius 3 is 2.71 bits per heavy atom. The minimum absolute atomic E-state index is 0.0519. The van der Waals surface area contributed by atoms with Crippen LogP contribution in [0.15, 0.2) is 18.2 Å². The number of carbonyl (C=O) groups is 1. The number of unbranched alkanes of at least 4 members (excludes halogenated alkanes) is 3. The monoisotopic (exact) mass is 235 g/mol. The summed E-state index contributed by atoms with van der Waals surface area (Å²) in [6.07, 6.45) is 4.52. The molecule has 1 amide bonds. The number of hydrogen-bond donors (Lipinski definition) is 2. The van der Waals surface area contributed by atoms with E-state index in [-0.39, 0.29) is 11.7 Å². The Bertz CT molecular complexity index is 374. The molecule has 0 bridgehead atoms. The Hall–Kier alpha value is -1.51. The predicted octanol–water partition coefficient (Wildman–Crippen LogP) is 3.01. The van der Waals surface area contributed by atoms with Crippen LogP contribution < -0.4 is 5.32 Å². The number of amides is 1. The van der Waals surface area contributed by atoms with Crippen LogP contribution in [0.1, 0.15) is 48.5 Å². The summed E-state index contributed by atoms with van der Waals surface area (Å²) in [5, 5.41) is 12.5. The van der Waals surface area contributed by atoms with Crippen LogP contribution in [0.5, 0.6) is 5.75 Å². The fourth-order valence-corrected chi connectivity index (χ4v) is 1.68. The number of phenolic OH excluding ortho intramolecular Hbond substituents is 1. The molecular weight excluding hydrogens is 214 g/mol. The van der Waals surface area contributed by atoms with E-state index < -0.39 is 0 Å². The Morgan fingerprint density at radius 2 is 2.06 bits per heavy atom. The SMILES string of the molecule is CCCCCCNC(=O)c1ccc(C)cc1O. The minimum Gasteiger partial charge on any atom is -0.507 e. The number of rotatable bonds is 6. The molecule has 3 nitrogen and oxygen atoms in total. The first-order valence-corrected chi connectivity index (χ1v) is 6.23. The van der Waals surface area contributed by atoms with E-state index in [2.05, 4.69) is 12.2 Å². The van der Waals surface area contributed by atoms with E-state index in [0.717, 1.165) is 18.4 Å². The zero-order chi connectivity index (χ0) is 12.7. The maximum Gasteiger partial charge on any atom is 0.255 e. The maximum absolute atomic E-state index is 11.7. The smallest absolute Gasteiger partial charge is 0.255 e. The Labute approximate surface area is 103 Å². The van der Waals surface area contributed by atoms with Crippen molar-refractivity contribution in [3.63, 3.8) is 0 Å². The number of phenols is 1. The number of aromatic hydroxyl groups is 1. The van der Waals surface area contributed by atoms with Gasteiger partial charge in [0.25, 0.3) is 5.91 Å². The molecule has 0 atom stereocenters. The molecule has 0 unspecified atom stereocenters. The average molecular weight is 235 g/mol. The molecule has 94 valence electrons. The van der Waals surface area contributed by atoms with E-state index in [9.17, 15) is 9.90 Å². The highest BCUT2D eigenvalue weighted by molar-refractivity contribution is 5.96. The first-order chi connectivity index (χ1) is 8.15. The number of hydrogen-bond acceptors (Lipinski definition) is 2. The highest BCUT2D eigenvalue weighted by Crippen LogP contribution is 2.18. The van der Waals surface area contributed by atoms with Gasteiger partial charge >= 0.3 is 0 Å². The van der Waals surface area contributed by atoms with Gasteiger partial charge in [-0.05, 0) is 31.0 Å². The molecule has 2 N–H and O–H groups in total. The van der Waals surface area contributed by atoms with Crippen LogP contribution in [-0.4, -0.2) is 17.6 Å². The summed E-state index contributed by atoms with van der Waals surface area (Å²) in [6, 6.07) is 5.09. The third-order valence-corrected chi connectivity index (χ3v) is 2.71. The topological polar surface area (TPSA) is 49.3 Å². The molecule has 0 fully saturated rings. The van der Waals surface area contributed by atoms with Gasteiger partial charge in [0.2, 0.25) is 0 Å². The third kappa shape index (κ3) is 4.47. The lowest BCUT2D eigenvalue weighted by atomic mass is 10.1. The molecular formula is C14H21NO2. The van der Waals surface area contributed by atoms with Crippen molar-refractivity contribution in [1.29, 1.82) is 0 Å². The Morgan fingerprint density at radius 1 is 1.29 bits per heavy atom. The van der Waals surface area contributed by atoms with Crippen LogP contribution in [0, 0.1) is 6.92 Å². The standard InChI is InChI=1S/C14H21NO2/c1-3-4-5-6-9-15-14(17)12-8-7-11(2)10-13(12)16/h7-8,10,16H,3-6,9H2,1-2H3,(H,15,17). The van der Waals surface area contributed by atoms with Crippen molar-refractivity contribution in [2.45, 2.75) is 39.5 Å². The molecule has 0 radical (unpaired) electrons. The summed E-state index contributed by atoms with van der Waals surface area (Å²) in [5.41, 5.74) is 1.30. The van der Waals surface area contributed by atoms with Gasteiger partial charge in [0, 0.05) is 6.54 Å². The number of nitrogens with one attached hydrogen (secondary N) is 1. The van der Waals surface area contributed by atoms with E-state index in [1.54, 1.807) is 12.1 Å². The second-order valence-corrected chi connectivity index (χ2v) is 4.34. The van der Waals surface area contributed by atoms with Gasteiger partial charge < -0.3 is 10.4 Å². The Balaban J connectivity index is 2.42. The van der Waals surface area contributed by atoms with Gasteiger partial charge in [-0.2, -0.15) is 0 Å². The lowest BCUT2D eigenvalue weighted by molar-refractivity contribution is 0.0950. The summed E-state index contributed by atoms with van der Waals surface area (Å²) >= 11 is 0. The van der Waals surface area contributed by atoms with Crippen molar-refractivity contribution < 1.29 is 9.90 Å². The summed E-state index contributed by atoms with van der Waals surface area (Å²) in [6.45, 7) is 4.71. The van der Waals surface area contributed by atoms with Gasteiger partial charge in [-0.1, -0.05) is 32.3 Å². The van der Waals surface area contributed by atoms with Crippen molar-refractivity contribution in [2.24, 2.45) is 0 Å². The van der Waals surface area contributed by atoms with Crippen LogP contribution in [0.25, 0.3) is 0 Å². The van der Waals surface area contributed by atoms with E-state index in [4.69, 9.17) is 0 Å². The highest BCUT2D eigenvalue weighted by Gasteiger charge is 2.09. The van der Waals surface area contributed by atoms with Crippen LogP contribution in [0.3, 0.4) is 0 Å². The van der Waals surface area contributed by atoms with Crippen molar-refractivity contribution in [2.75, 3.05) is 6.54 Å². The zero-order valence-electron chi connectivity index (χ0n) is 10.6. The zero-order valence-corrected chi connectivity index (χ0v) is 10.6. The van der Waals surface area contributed by atoms with Crippen molar-refractivity contribution in [1.82, 2.24) is 5.32 Å². The molecule has 1 aromatic rings. The van der Waals surface area contributed by atoms with Gasteiger partial charge in [0.1, 0.15) is 5.75 Å². The summed E-state index contributed by atoms with van der Waals surface area (Å²) in [4.78, 5) is 11.7. The number of carbonyl (C=O) groups excluding carboxylic acids is 1. The lowest BCUT2D eigenvalue weighted by Gasteiger charge is -2.07. The fraction of sp³-hybridized carbons (Fsp3) is 0.500. The lowest BCUT2D eigenvalue weighted by Crippen LogP contribution is -2.24. The molecule has 0 aliphatic carbocycles. The molecule has 0 saturated carbocycles. The highest BCUT2D eigenvalue weighted by atomic mass is 16.3. The normalized spacial score (nSPS) is 10.2. The molecule has 0 aliphatic rings. The molecule has 0 aromatic heterocycles. The van der Waals surface area contributed by atoms with Crippen LogP contribution in [0.4, 0.5) is 0 Å². The first-order valence-electron chi connectivity index (χ1n) is 6.23. The van der Waals surface area contributed by atoms with Crippen molar-refractivity contribution >= 4 is 5.91 Å². The number of aryl methyl sites for hydroxylation is 1. The predicted molar refractivity (Wildman–Crippen MR) is 69.3 cm³/mol. The van der Waals surface area contributed by atoms with Crippen molar-refractivity contribution in [3.8, 4) is 5.75 Å². The number of benzene rings is 1. The Kier molecular flexibility index (Phi) is 5.53. The molecule has 17 heavy (non-hydrogen) atoms. The van der Waals surface area contributed by atoms with Crippen molar-refractivity contribution in [3.05, 3.63) is 29.3 Å². The second kappa shape index (κ2) is 6.94. The second-order valence-electron chi connectivity index (χ2n) is 4.34. The molecule has 0 heterocycles.